The molecule has 0 bridgehead atoms. The van der Waals surface area contributed by atoms with Crippen molar-refractivity contribution in [2.24, 2.45) is 0 Å². The fraction of sp³-hybridized carbons (Fsp3) is 0.765. The van der Waals surface area contributed by atoms with Crippen LogP contribution in [0.15, 0.2) is 12.4 Å². The van der Waals surface area contributed by atoms with E-state index in [2.05, 4.69) is 36.1 Å². The summed E-state index contributed by atoms with van der Waals surface area (Å²) >= 11 is 0. The molecule has 2 nitrogen and oxygen atoms in total. The van der Waals surface area contributed by atoms with Gasteiger partial charge in [0, 0.05) is 25.0 Å². The molecule has 1 aliphatic carbocycles. The maximum absolute atomic E-state index is 3.66. The molecule has 0 radical (unpaired) electrons. The average Bonchev–Trinajstić information content (AvgIpc) is 2.73. The lowest BCUT2D eigenvalue weighted by Gasteiger charge is -2.15. The highest BCUT2D eigenvalue weighted by Gasteiger charge is 2.19. The van der Waals surface area contributed by atoms with Crippen LogP contribution in [0.3, 0.4) is 0 Å². The molecule has 0 saturated heterocycles. The predicted molar refractivity (Wildman–Crippen MR) is 82.5 cm³/mol. The fourth-order valence-electron chi connectivity index (χ4n) is 3.22. The largest absolute Gasteiger partial charge is 0.354 e. The third-order valence-electron chi connectivity index (χ3n) is 4.28. The second-order valence-electron chi connectivity index (χ2n) is 5.89. The number of aryl methyl sites for hydroxylation is 2. The summed E-state index contributed by atoms with van der Waals surface area (Å²) < 4.78 is 2.44. The zero-order valence-electron chi connectivity index (χ0n) is 12.8. The van der Waals surface area contributed by atoms with Crippen molar-refractivity contribution in [1.82, 2.24) is 9.88 Å². The summed E-state index contributed by atoms with van der Waals surface area (Å²) in [5, 5.41) is 3.66. The van der Waals surface area contributed by atoms with Crippen LogP contribution in [0.1, 0.15) is 76.0 Å². The monoisotopic (exact) mass is 262 g/mol. The van der Waals surface area contributed by atoms with Crippen molar-refractivity contribution in [1.29, 1.82) is 0 Å². The smallest absolute Gasteiger partial charge is 0.0337 e. The van der Waals surface area contributed by atoms with Crippen molar-refractivity contribution in [3.05, 3.63) is 23.5 Å². The number of unbranched alkanes of at least 4 members (excludes halogenated alkanes) is 3. The van der Waals surface area contributed by atoms with Crippen molar-refractivity contribution in [2.75, 3.05) is 6.54 Å². The van der Waals surface area contributed by atoms with Crippen molar-refractivity contribution in [3.63, 3.8) is 0 Å². The topological polar surface area (TPSA) is 17.0 Å². The first kappa shape index (κ1) is 14.6. The molecule has 1 aromatic heterocycles. The maximum atomic E-state index is 3.66. The summed E-state index contributed by atoms with van der Waals surface area (Å²) in [5.74, 6) is 0. The van der Waals surface area contributed by atoms with Gasteiger partial charge in [0.15, 0.2) is 0 Å². The van der Waals surface area contributed by atoms with Gasteiger partial charge in [0.2, 0.25) is 0 Å². The van der Waals surface area contributed by atoms with Gasteiger partial charge in [-0.1, -0.05) is 39.5 Å². The lowest BCUT2D eigenvalue weighted by Crippen LogP contribution is -2.20. The van der Waals surface area contributed by atoms with E-state index < -0.39 is 0 Å². The molecule has 2 heteroatoms. The summed E-state index contributed by atoms with van der Waals surface area (Å²) in [4.78, 5) is 0. The van der Waals surface area contributed by atoms with Crippen LogP contribution in [0.2, 0.25) is 0 Å². The molecule has 1 N–H and O–H groups in total. The van der Waals surface area contributed by atoms with Crippen LogP contribution in [0.4, 0.5) is 0 Å². The number of hydrogen-bond donors (Lipinski definition) is 1. The molecule has 0 spiro atoms. The van der Waals surface area contributed by atoms with Crippen molar-refractivity contribution >= 4 is 0 Å². The highest BCUT2D eigenvalue weighted by molar-refractivity contribution is 5.29. The van der Waals surface area contributed by atoms with Gasteiger partial charge in [0.25, 0.3) is 0 Å². The Hall–Kier alpha value is -0.760. The van der Waals surface area contributed by atoms with E-state index in [0.29, 0.717) is 6.04 Å². The van der Waals surface area contributed by atoms with E-state index in [1.165, 1.54) is 57.9 Å². The zero-order valence-corrected chi connectivity index (χ0v) is 12.8. The van der Waals surface area contributed by atoms with Gasteiger partial charge in [0.1, 0.15) is 0 Å². The van der Waals surface area contributed by atoms with Crippen LogP contribution >= 0.6 is 0 Å². The van der Waals surface area contributed by atoms with Gasteiger partial charge in [-0.3, -0.25) is 0 Å². The van der Waals surface area contributed by atoms with Crippen molar-refractivity contribution < 1.29 is 0 Å². The van der Waals surface area contributed by atoms with E-state index in [1.54, 1.807) is 11.1 Å². The van der Waals surface area contributed by atoms with Crippen LogP contribution < -0.4 is 5.32 Å². The zero-order chi connectivity index (χ0) is 13.5. The van der Waals surface area contributed by atoms with Gasteiger partial charge in [-0.25, -0.2) is 0 Å². The highest BCUT2D eigenvalue weighted by atomic mass is 15.0. The normalized spacial score (nSPS) is 19.2. The second kappa shape index (κ2) is 7.74. The number of rotatable bonds is 7. The first-order chi connectivity index (χ1) is 9.35. The summed E-state index contributed by atoms with van der Waals surface area (Å²) in [6.45, 7) is 6.77. The van der Waals surface area contributed by atoms with Crippen LogP contribution in [0.5, 0.6) is 0 Å². The maximum Gasteiger partial charge on any atom is 0.0337 e. The van der Waals surface area contributed by atoms with Crippen molar-refractivity contribution in [3.8, 4) is 0 Å². The van der Waals surface area contributed by atoms with E-state index in [0.717, 1.165) is 6.54 Å². The first-order valence-electron chi connectivity index (χ1n) is 8.27. The van der Waals surface area contributed by atoms with Crippen LogP contribution in [0, 0.1) is 0 Å². The van der Waals surface area contributed by atoms with Gasteiger partial charge in [-0.15, -0.1) is 0 Å². The molecule has 0 saturated carbocycles. The third kappa shape index (κ3) is 4.10. The first-order valence-corrected chi connectivity index (χ1v) is 8.27. The molecular weight excluding hydrogens is 232 g/mol. The summed E-state index contributed by atoms with van der Waals surface area (Å²) in [6, 6.07) is 0.597. The Morgan fingerprint density at radius 1 is 1.16 bits per heavy atom. The van der Waals surface area contributed by atoms with Crippen LogP contribution in [0.25, 0.3) is 0 Å². The van der Waals surface area contributed by atoms with Crippen molar-refractivity contribution in [2.45, 2.75) is 77.8 Å². The minimum absolute atomic E-state index is 0.597. The van der Waals surface area contributed by atoms with Gasteiger partial charge in [-0.2, -0.15) is 0 Å². The Kier molecular flexibility index (Phi) is 5.96. The van der Waals surface area contributed by atoms with E-state index in [-0.39, 0.29) is 0 Å². The fourth-order valence-corrected chi connectivity index (χ4v) is 3.22. The Bertz CT molecular complexity index is 367. The Labute approximate surface area is 118 Å². The van der Waals surface area contributed by atoms with Gasteiger partial charge in [0.05, 0.1) is 0 Å². The van der Waals surface area contributed by atoms with E-state index in [4.69, 9.17) is 0 Å². The third-order valence-corrected chi connectivity index (χ3v) is 4.28. The molecule has 108 valence electrons. The van der Waals surface area contributed by atoms with Crippen LogP contribution in [-0.4, -0.2) is 11.1 Å². The lowest BCUT2D eigenvalue weighted by molar-refractivity contribution is 0.500. The SMILES string of the molecule is CCCCCCn1cc2c(c1)C(NCC)CCCC2. The molecule has 0 amide bonds. The predicted octanol–water partition coefficient (Wildman–Crippen LogP) is 4.45. The van der Waals surface area contributed by atoms with Gasteiger partial charge >= 0.3 is 0 Å². The number of aromatic nitrogens is 1. The molecule has 1 aromatic rings. The number of hydrogen-bond acceptors (Lipinski definition) is 1. The lowest BCUT2D eigenvalue weighted by atomic mass is 10.0. The second-order valence-corrected chi connectivity index (χ2v) is 5.89. The molecule has 2 rings (SSSR count). The molecule has 1 aliphatic rings. The molecular formula is C17H30N2. The summed E-state index contributed by atoms with van der Waals surface area (Å²) in [7, 11) is 0. The minimum atomic E-state index is 0.597. The molecule has 0 aliphatic heterocycles. The Morgan fingerprint density at radius 2 is 2.05 bits per heavy atom. The standard InChI is InChI=1S/C17H30N2/c1-3-5-6-9-12-19-13-15-10-7-8-11-17(18-4-2)16(15)14-19/h13-14,17-18H,3-12H2,1-2H3. The quantitative estimate of drug-likeness (QED) is 0.567. The van der Waals surface area contributed by atoms with E-state index >= 15 is 0 Å². The molecule has 0 fully saturated rings. The molecule has 1 atom stereocenters. The molecule has 19 heavy (non-hydrogen) atoms. The molecule has 0 aromatic carbocycles. The van der Waals surface area contributed by atoms with Gasteiger partial charge in [-0.05, 0) is 43.4 Å². The molecule has 1 unspecified atom stereocenters. The van der Waals surface area contributed by atoms with Gasteiger partial charge < -0.3 is 9.88 Å². The number of fused-ring (bicyclic) bond motifs is 1. The highest BCUT2D eigenvalue weighted by Crippen LogP contribution is 2.29. The Morgan fingerprint density at radius 3 is 2.84 bits per heavy atom. The van der Waals surface area contributed by atoms with Crippen LogP contribution in [-0.2, 0) is 13.0 Å². The average molecular weight is 262 g/mol. The number of nitrogens with zero attached hydrogens (tertiary/aromatic N) is 1. The summed E-state index contributed by atoms with van der Waals surface area (Å²) in [6.07, 6.45) is 15.5. The van der Waals surface area contributed by atoms with E-state index in [9.17, 15) is 0 Å². The minimum Gasteiger partial charge on any atom is -0.354 e. The van der Waals surface area contributed by atoms with E-state index in [1.807, 2.05) is 0 Å². The summed E-state index contributed by atoms with van der Waals surface area (Å²) in [5.41, 5.74) is 3.17. The number of nitrogens with one attached hydrogen (secondary N) is 1. The molecule has 1 heterocycles. The Balaban J connectivity index is 1.98.